The van der Waals surface area contributed by atoms with Crippen LogP contribution >= 0.6 is 0 Å². The number of hydrogen-bond acceptors (Lipinski definition) is 5. The first kappa shape index (κ1) is 17.7. The second-order valence-electron chi connectivity index (χ2n) is 7.32. The van der Waals surface area contributed by atoms with E-state index in [0.717, 1.165) is 0 Å². The smallest absolute Gasteiger partial charge is 0.410 e. The van der Waals surface area contributed by atoms with E-state index >= 15 is 0 Å². The highest BCUT2D eigenvalue weighted by Gasteiger charge is 2.33. The molecule has 8 nitrogen and oxygen atoms in total. The molecule has 26 heavy (non-hydrogen) atoms. The predicted molar refractivity (Wildman–Crippen MR) is 94.5 cm³/mol. The van der Waals surface area contributed by atoms with Gasteiger partial charge in [0.2, 0.25) is 5.91 Å². The minimum Gasteiger partial charge on any atom is -0.444 e. The van der Waals surface area contributed by atoms with Crippen LogP contribution in [0, 0.1) is 17.2 Å². The third-order valence-corrected chi connectivity index (χ3v) is 4.05. The Hall–Kier alpha value is -3.08. The van der Waals surface area contributed by atoms with Gasteiger partial charge in [0.1, 0.15) is 11.2 Å². The lowest BCUT2D eigenvalue weighted by molar-refractivity contribution is -0.119. The van der Waals surface area contributed by atoms with E-state index in [1.165, 1.54) is 0 Å². The van der Waals surface area contributed by atoms with Crippen LogP contribution in [0.25, 0.3) is 5.65 Å². The van der Waals surface area contributed by atoms with Crippen molar-refractivity contribution in [3.8, 4) is 6.07 Å². The third kappa shape index (κ3) is 3.94. The molecule has 2 aromatic heterocycles. The van der Waals surface area contributed by atoms with Crippen LogP contribution < -0.4 is 5.32 Å². The number of carbonyl (C=O) groups excluding carboxylic acids is 2. The maximum absolute atomic E-state index is 12.5. The summed E-state index contributed by atoms with van der Waals surface area (Å²) in [6, 6.07) is 5.38. The van der Waals surface area contributed by atoms with Crippen LogP contribution in [-0.4, -0.2) is 45.0 Å². The van der Waals surface area contributed by atoms with Gasteiger partial charge in [-0.25, -0.2) is 9.78 Å². The molecule has 0 aromatic carbocycles. The van der Waals surface area contributed by atoms with Crippen LogP contribution in [0.4, 0.5) is 10.6 Å². The van der Waals surface area contributed by atoms with Crippen molar-refractivity contribution < 1.29 is 14.3 Å². The number of imidazole rings is 1. The molecule has 2 aromatic rings. The number of rotatable bonds is 2. The van der Waals surface area contributed by atoms with Gasteiger partial charge < -0.3 is 19.4 Å². The Balaban J connectivity index is 1.62. The number of carbonyl (C=O) groups is 2. The fourth-order valence-electron chi connectivity index (χ4n) is 2.81. The lowest BCUT2D eigenvalue weighted by Gasteiger charge is -2.24. The summed E-state index contributed by atoms with van der Waals surface area (Å²) in [6.45, 7) is 6.25. The second-order valence-corrected chi connectivity index (χ2v) is 7.32. The van der Waals surface area contributed by atoms with Gasteiger partial charge >= 0.3 is 6.09 Å². The molecule has 1 saturated heterocycles. The zero-order chi connectivity index (χ0) is 18.9. The number of fused-ring (bicyclic) bond motifs is 1. The van der Waals surface area contributed by atoms with Gasteiger partial charge in [-0.2, -0.15) is 5.26 Å². The number of anilines is 1. The van der Waals surface area contributed by atoms with E-state index in [1.807, 2.05) is 20.8 Å². The molecule has 1 fully saturated rings. The molecule has 136 valence electrons. The molecule has 1 aliphatic heterocycles. The Morgan fingerprint density at radius 1 is 1.42 bits per heavy atom. The standard InChI is InChI=1S/C18H21N5O3/c1-18(2,3)26-17(25)23-7-5-13(10-23)16(24)21-14-11-22-6-4-12(9-19)8-15(22)20-14/h4,6,8,11,13H,5,7,10H2,1-3H3,(H,21,24)/t13-/m0/s1. The summed E-state index contributed by atoms with van der Waals surface area (Å²) in [5.41, 5.74) is 0.530. The average molecular weight is 355 g/mol. The summed E-state index contributed by atoms with van der Waals surface area (Å²) in [5, 5.41) is 11.7. The molecule has 1 N–H and O–H groups in total. The fraction of sp³-hybridized carbons (Fsp3) is 0.444. The highest BCUT2D eigenvalue weighted by atomic mass is 16.6. The van der Waals surface area contributed by atoms with E-state index in [1.54, 1.807) is 33.8 Å². The quantitative estimate of drug-likeness (QED) is 0.892. The predicted octanol–water partition coefficient (Wildman–Crippen LogP) is 2.40. The van der Waals surface area contributed by atoms with Gasteiger partial charge in [-0.1, -0.05) is 0 Å². The Bertz CT molecular complexity index is 890. The summed E-state index contributed by atoms with van der Waals surface area (Å²) < 4.78 is 7.08. The molecule has 0 saturated carbocycles. The van der Waals surface area contributed by atoms with Crippen LogP contribution in [-0.2, 0) is 9.53 Å². The van der Waals surface area contributed by atoms with Gasteiger partial charge in [-0.05, 0) is 39.3 Å². The van der Waals surface area contributed by atoms with E-state index in [4.69, 9.17) is 10.00 Å². The minimum absolute atomic E-state index is 0.181. The van der Waals surface area contributed by atoms with Crippen LogP contribution in [0.2, 0.25) is 0 Å². The first-order valence-electron chi connectivity index (χ1n) is 8.43. The highest BCUT2D eigenvalue weighted by molar-refractivity contribution is 5.92. The number of nitrogens with one attached hydrogen (secondary N) is 1. The van der Waals surface area contributed by atoms with Crippen molar-refractivity contribution in [2.45, 2.75) is 32.8 Å². The SMILES string of the molecule is CC(C)(C)OC(=O)N1CC[C@H](C(=O)Nc2cn3ccc(C#N)cc3n2)C1. The Morgan fingerprint density at radius 2 is 2.19 bits per heavy atom. The van der Waals surface area contributed by atoms with Crippen molar-refractivity contribution in [2.75, 3.05) is 18.4 Å². The van der Waals surface area contributed by atoms with Crippen molar-refractivity contribution in [3.63, 3.8) is 0 Å². The molecule has 1 aliphatic rings. The van der Waals surface area contributed by atoms with Gasteiger partial charge in [0.15, 0.2) is 5.82 Å². The second kappa shape index (κ2) is 6.67. The van der Waals surface area contributed by atoms with Crippen molar-refractivity contribution >= 4 is 23.5 Å². The van der Waals surface area contributed by atoms with Gasteiger partial charge in [-0.15, -0.1) is 0 Å². The Labute approximate surface area is 151 Å². The molecule has 0 aliphatic carbocycles. The molecule has 0 bridgehead atoms. The molecule has 1 atom stereocenters. The zero-order valence-corrected chi connectivity index (χ0v) is 15.0. The Kier molecular flexibility index (Phi) is 4.55. The lowest BCUT2D eigenvalue weighted by atomic mass is 10.1. The summed E-state index contributed by atoms with van der Waals surface area (Å²) in [6.07, 6.45) is 3.59. The number of likely N-dealkylation sites (tertiary alicyclic amines) is 1. The van der Waals surface area contributed by atoms with Crippen molar-refractivity contribution in [1.82, 2.24) is 14.3 Å². The number of nitrogens with zero attached hydrogens (tertiary/aromatic N) is 4. The van der Waals surface area contributed by atoms with Crippen molar-refractivity contribution in [2.24, 2.45) is 5.92 Å². The van der Waals surface area contributed by atoms with Gasteiger partial charge in [0.05, 0.1) is 23.7 Å². The maximum atomic E-state index is 12.5. The van der Waals surface area contributed by atoms with E-state index in [-0.39, 0.29) is 11.8 Å². The molecular weight excluding hydrogens is 334 g/mol. The van der Waals surface area contributed by atoms with Crippen LogP contribution in [0.3, 0.4) is 0 Å². The van der Waals surface area contributed by atoms with Crippen LogP contribution in [0.5, 0.6) is 0 Å². The van der Waals surface area contributed by atoms with E-state index in [2.05, 4.69) is 16.4 Å². The van der Waals surface area contributed by atoms with E-state index < -0.39 is 11.7 Å². The number of pyridine rings is 1. The number of nitriles is 1. The first-order valence-corrected chi connectivity index (χ1v) is 8.43. The summed E-state index contributed by atoms with van der Waals surface area (Å²) >= 11 is 0. The topological polar surface area (TPSA) is 99.7 Å². The van der Waals surface area contributed by atoms with Crippen molar-refractivity contribution in [3.05, 3.63) is 30.1 Å². The van der Waals surface area contributed by atoms with Gasteiger partial charge in [-0.3, -0.25) is 4.79 Å². The molecular formula is C18H21N5O3. The van der Waals surface area contributed by atoms with Crippen molar-refractivity contribution in [1.29, 1.82) is 5.26 Å². The summed E-state index contributed by atoms with van der Waals surface area (Å²) in [5.74, 6) is -0.0669. The lowest BCUT2D eigenvalue weighted by Crippen LogP contribution is -2.36. The molecule has 0 spiro atoms. The molecule has 0 unspecified atom stereocenters. The highest BCUT2D eigenvalue weighted by Crippen LogP contribution is 2.21. The zero-order valence-electron chi connectivity index (χ0n) is 15.0. The van der Waals surface area contributed by atoms with Crippen LogP contribution in [0.1, 0.15) is 32.8 Å². The first-order chi connectivity index (χ1) is 12.2. The third-order valence-electron chi connectivity index (χ3n) is 4.05. The van der Waals surface area contributed by atoms with Gasteiger partial charge in [0.25, 0.3) is 0 Å². The molecule has 3 rings (SSSR count). The summed E-state index contributed by atoms with van der Waals surface area (Å²) in [4.78, 5) is 30.4. The number of amides is 2. The minimum atomic E-state index is -0.559. The molecule has 8 heteroatoms. The average Bonchev–Trinajstić information content (AvgIpc) is 3.19. The largest absolute Gasteiger partial charge is 0.444 e. The number of hydrogen-bond donors (Lipinski definition) is 1. The van der Waals surface area contributed by atoms with Crippen LogP contribution in [0.15, 0.2) is 24.5 Å². The summed E-state index contributed by atoms with van der Waals surface area (Å²) in [7, 11) is 0. The number of aromatic nitrogens is 2. The normalized spacial score (nSPS) is 17.2. The maximum Gasteiger partial charge on any atom is 0.410 e. The van der Waals surface area contributed by atoms with E-state index in [9.17, 15) is 9.59 Å². The Morgan fingerprint density at radius 3 is 2.88 bits per heavy atom. The molecule has 0 radical (unpaired) electrons. The fourth-order valence-corrected chi connectivity index (χ4v) is 2.81. The van der Waals surface area contributed by atoms with Gasteiger partial charge in [0, 0.05) is 19.3 Å². The molecule has 3 heterocycles. The van der Waals surface area contributed by atoms with E-state index in [0.29, 0.717) is 36.5 Å². The number of ether oxygens (including phenoxy) is 1. The monoisotopic (exact) mass is 355 g/mol. The molecule has 2 amide bonds.